The topological polar surface area (TPSA) is 130 Å². The maximum absolute atomic E-state index is 14.8. The summed E-state index contributed by atoms with van der Waals surface area (Å²) >= 11 is 0. The molecule has 1 aromatic heterocycles. The standard InChI is InChI=1S/C35H47N5O6Si/c1-24-33(47(3,4)44)31(16-19-38-23-26(17-20-41)36-37-38)46-35(24)29-21-28(45-2)14-15-30(29)40(34(35)43)22-25-10-12-27(13-11-25)39-18-8-6-5-7-9-32(39)42/h10-15,21,23-24,31,33,41,44H,5-9,16-20,22H2,1-4H3/t24-,31+,33-,35+/m0/s1. The van der Waals surface area contributed by atoms with Crippen molar-refractivity contribution in [2.24, 2.45) is 5.92 Å². The zero-order valence-electron chi connectivity index (χ0n) is 27.9. The first-order valence-electron chi connectivity index (χ1n) is 16.9. The first kappa shape index (κ1) is 33.3. The highest BCUT2D eigenvalue weighted by atomic mass is 28.4. The number of aryl methyl sites for hydroxylation is 1. The first-order valence-corrected chi connectivity index (χ1v) is 19.9. The molecule has 2 fully saturated rings. The first-order chi connectivity index (χ1) is 22.6. The number of methoxy groups -OCH3 is 1. The second-order valence-corrected chi connectivity index (χ2v) is 17.7. The Hall–Kier alpha value is -3.58. The largest absolute Gasteiger partial charge is 0.497 e. The van der Waals surface area contributed by atoms with Crippen LogP contribution in [0.15, 0.2) is 48.7 Å². The summed E-state index contributed by atoms with van der Waals surface area (Å²) in [5.41, 5.74) is 2.57. The number of amides is 2. The highest BCUT2D eigenvalue weighted by Crippen LogP contribution is 2.60. The summed E-state index contributed by atoms with van der Waals surface area (Å²) in [6, 6.07) is 13.7. The van der Waals surface area contributed by atoms with Gasteiger partial charge in [-0.25, -0.2) is 0 Å². The van der Waals surface area contributed by atoms with Crippen molar-refractivity contribution in [3.63, 3.8) is 0 Å². The van der Waals surface area contributed by atoms with Gasteiger partial charge in [0, 0.05) is 61.4 Å². The van der Waals surface area contributed by atoms with Gasteiger partial charge in [0.1, 0.15) is 5.75 Å². The van der Waals surface area contributed by atoms with Gasteiger partial charge in [0.2, 0.25) is 5.91 Å². The fourth-order valence-electron chi connectivity index (χ4n) is 7.94. The van der Waals surface area contributed by atoms with Crippen LogP contribution in [0.2, 0.25) is 18.6 Å². The highest BCUT2D eigenvalue weighted by molar-refractivity contribution is 6.71. The number of carbonyl (C=O) groups excluding carboxylic acids is 2. The maximum Gasteiger partial charge on any atom is 0.264 e. The summed E-state index contributed by atoms with van der Waals surface area (Å²) in [5.74, 6) is 0.352. The van der Waals surface area contributed by atoms with Crippen molar-refractivity contribution in [2.75, 3.05) is 30.1 Å². The van der Waals surface area contributed by atoms with Gasteiger partial charge in [-0.05, 0) is 68.3 Å². The van der Waals surface area contributed by atoms with Crippen LogP contribution >= 0.6 is 0 Å². The fourth-order valence-corrected chi connectivity index (χ4v) is 10.5. The molecule has 0 saturated carbocycles. The van der Waals surface area contributed by atoms with Crippen LogP contribution in [0.5, 0.6) is 5.75 Å². The summed E-state index contributed by atoms with van der Waals surface area (Å²) in [7, 11) is -1.22. The van der Waals surface area contributed by atoms with E-state index in [2.05, 4.69) is 10.3 Å². The summed E-state index contributed by atoms with van der Waals surface area (Å²) in [6.45, 7) is 7.43. The average molecular weight is 662 g/mol. The summed E-state index contributed by atoms with van der Waals surface area (Å²) < 4.78 is 14.3. The third-order valence-corrected chi connectivity index (χ3v) is 12.7. The summed E-state index contributed by atoms with van der Waals surface area (Å²) in [6.07, 6.45) is 7.14. The summed E-state index contributed by atoms with van der Waals surface area (Å²) in [5, 5.41) is 17.6. The van der Waals surface area contributed by atoms with Crippen LogP contribution in [0, 0.1) is 5.92 Å². The molecule has 2 amide bonds. The molecule has 0 unspecified atom stereocenters. The number of aliphatic hydroxyl groups is 1. The number of aromatic nitrogens is 3. The Kier molecular flexibility index (Phi) is 9.57. The van der Waals surface area contributed by atoms with Crippen LogP contribution in [-0.4, -0.2) is 71.4 Å². The number of hydrogen-bond donors (Lipinski definition) is 2. The van der Waals surface area contributed by atoms with Crippen molar-refractivity contribution < 1.29 is 29.0 Å². The minimum atomic E-state index is -2.83. The molecule has 0 radical (unpaired) electrons. The normalized spacial score (nSPS) is 24.9. The Balaban J connectivity index is 1.29. The van der Waals surface area contributed by atoms with Crippen LogP contribution in [0.3, 0.4) is 0 Å². The number of nitrogens with zero attached hydrogens (tertiary/aromatic N) is 5. The average Bonchev–Trinajstić information content (AvgIpc) is 3.68. The number of anilines is 2. The van der Waals surface area contributed by atoms with Crippen molar-refractivity contribution in [2.45, 2.75) is 95.3 Å². The van der Waals surface area contributed by atoms with E-state index < -0.39 is 13.9 Å². The van der Waals surface area contributed by atoms with Gasteiger partial charge >= 0.3 is 0 Å². The number of hydrogen-bond acceptors (Lipinski definition) is 8. The second-order valence-electron chi connectivity index (χ2n) is 13.7. The van der Waals surface area contributed by atoms with E-state index in [-0.39, 0.29) is 36.0 Å². The molecule has 3 aromatic rings. The molecule has 4 heterocycles. The third-order valence-electron chi connectivity index (χ3n) is 10.2. The minimum absolute atomic E-state index is 0.000582. The van der Waals surface area contributed by atoms with Crippen LogP contribution < -0.4 is 14.5 Å². The number of rotatable bonds is 10. The molecule has 252 valence electrons. The predicted octanol–water partition coefficient (Wildman–Crippen LogP) is 4.55. The quantitative estimate of drug-likeness (QED) is 0.303. The molecule has 3 aliphatic rings. The van der Waals surface area contributed by atoms with Crippen molar-refractivity contribution >= 4 is 31.5 Å². The molecule has 0 aliphatic carbocycles. The van der Waals surface area contributed by atoms with E-state index in [1.54, 1.807) is 16.7 Å². The van der Waals surface area contributed by atoms with Crippen molar-refractivity contribution in [3.05, 3.63) is 65.5 Å². The second kappa shape index (κ2) is 13.5. The molecule has 11 nitrogen and oxygen atoms in total. The van der Waals surface area contributed by atoms with E-state index in [0.29, 0.717) is 43.8 Å². The third kappa shape index (κ3) is 6.36. The van der Waals surface area contributed by atoms with Gasteiger partial charge in [0.15, 0.2) is 13.9 Å². The van der Waals surface area contributed by atoms with E-state index in [4.69, 9.17) is 9.47 Å². The fraction of sp³-hybridized carbons (Fsp3) is 0.543. The number of benzene rings is 2. The molecule has 4 atom stereocenters. The van der Waals surface area contributed by atoms with E-state index in [0.717, 1.165) is 54.7 Å². The van der Waals surface area contributed by atoms with Gasteiger partial charge in [-0.1, -0.05) is 37.1 Å². The smallest absolute Gasteiger partial charge is 0.264 e. The number of aliphatic hydroxyl groups excluding tert-OH is 1. The molecule has 12 heteroatoms. The monoisotopic (exact) mass is 661 g/mol. The van der Waals surface area contributed by atoms with E-state index in [1.165, 1.54) is 0 Å². The molecular formula is C35H47N5O6Si. The number of carbonyl (C=O) groups is 2. The zero-order chi connectivity index (χ0) is 33.3. The minimum Gasteiger partial charge on any atom is -0.497 e. The molecule has 2 saturated heterocycles. The Morgan fingerprint density at radius 1 is 1.09 bits per heavy atom. The predicted molar refractivity (Wildman–Crippen MR) is 181 cm³/mol. The lowest BCUT2D eigenvalue weighted by Gasteiger charge is -2.32. The molecule has 0 bridgehead atoms. The Labute approximate surface area is 277 Å². The van der Waals surface area contributed by atoms with Crippen LogP contribution in [0.1, 0.15) is 62.3 Å². The molecule has 2 N–H and O–H groups in total. The number of ether oxygens (including phenoxy) is 2. The van der Waals surface area contributed by atoms with Gasteiger partial charge in [0.05, 0.1) is 31.1 Å². The van der Waals surface area contributed by atoms with Gasteiger partial charge in [-0.3, -0.25) is 14.3 Å². The van der Waals surface area contributed by atoms with E-state index >= 15 is 0 Å². The molecule has 47 heavy (non-hydrogen) atoms. The van der Waals surface area contributed by atoms with Crippen LogP contribution in [0.4, 0.5) is 11.4 Å². The molecule has 2 aromatic carbocycles. The van der Waals surface area contributed by atoms with Gasteiger partial charge in [0.25, 0.3) is 5.91 Å². The van der Waals surface area contributed by atoms with E-state index in [9.17, 15) is 19.5 Å². The van der Waals surface area contributed by atoms with Gasteiger partial charge in [-0.2, -0.15) is 0 Å². The van der Waals surface area contributed by atoms with Crippen molar-refractivity contribution in [1.29, 1.82) is 0 Å². The lowest BCUT2D eigenvalue weighted by molar-refractivity contribution is -0.146. The molecule has 3 aliphatic heterocycles. The Morgan fingerprint density at radius 2 is 1.85 bits per heavy atom. The van der Waals surface area contributed by atoms with Crippen molar-refractivity contribution in [3.8, 4) is 5.75 Å². The molecular weight excluding hydrogens is 615 g/mol. The van der Waals surface area contributed by atoms with Crippen LogP contribution in [0.25, 0.3) is 0 Å². The maximum atomic E-state index is 14.8. The molecule has 1 spiro atoms. The lowest BCUT2D eigenvalue weighted by atomic mass is 9.82. The highest BCUT2D eigenvalue weighted by Gasteiger charge is 2.66. The molecule has 6 rings (SSSR count). The van der Waals surface area contributed by atoms with Gasteiger partial charge in [-0.15, -0.1) is 5.10 Å². The van der Waals surface area contributed by atoms with Gasteiger partial charge < -0.3 is 29.2 Å². The SMILES string of the molecule is COc1ccc2c(c1)[C@@]1(O[C@H](CCn3cc(CCO)nn3)[C@@H]([Si](C)(C)O)[C@@H]1C)C(=O)N2Cc1ccc(N2CCCCCCC2=O)cc1. The summed E-state index contributed by atoms with van der Waals surface area (Å²) in [4.78, 5) is 42.9. The Morgan fingerprint density at radius 3 is 2.57 bits per heavy atom. The lowest BCUT2D eigenvalue weighted by Crippen LogP contribution is -2.46. The van der Waals surface area contributed by atoms with E-state index in [1.807, 2.05) is 73.6 Å². The Bertz CT molecular complexity index is 1590. The zero-order valence-corrected chi connectivity index (χ0v) is 28.9. The number of fused-ring (bicyclic) bond motifs is 2. The van der Waals surface area contributed by atoms with Crippen molar-refractivity contribution in [1.82, 2.24) is 15.0 Å². The van der Waals surface area contributed by atoms with Crippen LogP contribution in [-0.2, 0) is 39.4 Å².